The molecular weight excluding hydrogens is 330 g/mol. The average molecular weight is 347 g/mol. The molecule has 2 heterocycles. The Bertz CT molecular complexity index is 930. The first-order valence-electron chi connectivity index (χ1n) is 8.27. The van der Waals surface area contributed by atoms with Crippen molar-refractivity contribution in [1.82, 2.24) is 5.32 Å². The molecule has 0 saturated carbocycles. The molecule has 0 radical (unpaired) electrons. The summed E-state index contributed by atoms with van der Waals surface area (Å²) in [5.74, 6) is 1.88. The number of amides is 1. The van der Waals surface area contributed by atoms with E-state index in [1.807, 2.05) is 54.6 Å². The Morgan fingerprint density at radius 3 is 2.65 bits per heavy atom. The Labute approximate surface area is 150 Å². The van der Waals surface area contributed by atoms with Gasteiger partial charge in [0.2, 0.25) is 6.79 Å². The molecule has 0 atom stereocenters. The maximum absolute atomic E-state index is 12.8. The van der Waals surface area contributed by atoms with Crippen LogP contribution >= 0.6 is 0 Å². The van der Waals surface area contributed by atoms with E-state index in [-0.39, 0.29) is 12.7 Å². The summed E-state index contributed by atoms with van der Waals surface area (Å²) in [5, 5.41) is 2.96. The van der Waals surface area contributed by atoms with Crippen LogP contribution in [0.15, 0.2) is 71.3 Å². The molecule has 0 aliphatic carbocycles. The number of benzene rings is 2. The van der Waals surface area contributed by atoms with Crippen LogP contribution in [-0.4, -0.2) is 12.7 Å². The number of hydrogen-bond acceptors (Lipinski definition) is 4. The van der Waals surface area contributed by atoms with Crippen molar-refractivity contribution in [2.24, 2.45) is 0 Å². The van der Waals surface area contributed by atoms with Gasteiger partial charge in [-0.15, -0.1) is 0 Å². The average Bonchev–Trinajstić information content (AvgIpc) is 3.36. The highest BCUT2D eigenvalue weighted by Gasteiger charge is 2.15. The predicted octanol–water partition coefficient (Wildman–Crippen LogP) is 3.87. The lowest BCUT2D eigenvalue weighted by atomic mass is 10.0. The fourth-order valence-electron chi connectivity index (χ4n) is 2.74. The Hall–Kier alpha value is -3.47. The third kappa shape index (κ3) is 3.47. The van der Waals surface area contributed by atoms with Gasteiger partial charge < -0.3 is 19.2 Å². The highest BCUT2D eigenvalue weighted by molar-refractivity contribution is 6.23. The molecule has 0 bridgehead atoms. The highest BCUT2D eigenvalue weighted by Crippen LogP contribution is 2.32. The first kappa shape index (κ1) is 16.0. The summed E-state index contributed by atoms with van der Waals surface area (Å²) in [4.78, 5) is 12.8. The van der Waals surface area contributed by atoms with E-state index < -0.39 is 0 Å². The van der Waals surface area contributed by atoms with E-state index in [9.17, 15) is 4.79 Å². The van der Waals surface area contributed by atoms with Crippen molar-refractivity contribution in [3.05, 3.63) is 83.8 Å². The molecule has 1 aromatic heterocycles. The van der Waals surface area contributed by atoms with Gasteiger partial charge in [-0.05, 0) is 41.5 Å². The third-order valence-corrected chi connectivity index (χ3v) is 4.05. The topological polar surface area (TPSA) is 60.7 Å². The number of rotatable bonds is 5. The van der Waals surface area contributed by atoms with Crippen molar-refractivity contribution >= 4 is 17.6 Å². The van der Waals surface area contributed by atoms with Crippen LogP contribution in [-0.2, 0) is 11.3 Å². The lowest BCUT2D eigenvalue weighted by molar-refractivity contribution is -0.115. The summed E-state index contributed by atoms with van der Waals surface area (Å²) in [5.41, 5.74) is 2.31. The standard InChI is InChI=1S/C21H17NO4/c23-21(22-13-15-8-9-19-20(11-15)26-14-25-19)18(12-17-7-4-10-24-17)16-5-2-1-3-6-16/h1-12H,13-14H2,(H,22,23). The van der Waals surface area contributed by atoms with E-state index in [1.54, 1.807) is 18.4 Å². The first-order valence-corrected chi connectivity index (χ1v) is 8.27. The number of hydrogen-bond donors (Lipinski definition) is 1. The Morgan fingerprint density at radius 2 is 1.85 bits per heavy atom. The molecule has 130 valence electrons. The third-order valence-electron chi connectivity index (χ3n) is 4.05. The molecule has 1 aliphatic rings. The van der Waals surface area contributed by atoms with Gasteiger partial charge in [0.25, 0.3) is 5.91 Å². The maximum atomic E-state index is 12.8. The molecule has 26 heavy (non-hydrogen) atoms. The smallest absolute Gasteiger partial charge is 0.252 e. The number of carbonyl (C=O) groups is 1. The summed E-state index contributed by atoms with van der Waals surface area (Å²) in [6, 6.07) is 18.7. The molecular formula is C21H17NO4. The number of carbonyl (C=O) groups excluding carboxylic acids is 1. The Morgan fingerprint density at radius 1 is 1.00 bits per heavy atom. The minimum Gasteiger partial charge on any atom is -0.465 e. The summed E-state index contributed by atoms with van der Waals surface area (Å²) >= 11 is 0. The molecule has 0 fully saturated rings. The van der Waals surface area contributed by atoms with Gasteiger partial charge >= 0.3 is 0 Å². The molecule has 1 aliphatic heterocycles. The molecule has 3 aromatic rings. The number of furan rings is 1. The van der Waals surface area contributed by atoms with Crippen LogP contribution in [0.5, 0.6) is 11.5 Å². The molecule has 1 N–H and O–H groups in total. The Kier molecular flexibility index (Phi) is 4.43. The fourth-order valence-corrected chi connectivity index (χ4v) is 2.74. The second-order valence-corrected chi connectivity index (χ2v) is 5.81. The van der Waals surface area contributed by atoms with E-state index in [2.05, 4.69) is 5.32 Å². The highest BCUT2D eigenvalue weighted by atomic mass is 16.7. The van der Waals surface area contributed by atoms with Crippen LogP contribution in [0.3, 0.4) is 0 Å². The second-order valence-electron chi connectivity index (χ2n) is 5.81. The van der Waals surface area contributed by atoms with E-state index >= 15 is 0 Å². The second kappa shape index (κ2) is 7.19. The van der Waals surface area contributed by atoms with Crippen molar-refractivity contribution in [3.63, 3.8) is 0 Å². The SMILES string of the molecule is O=C(NCc1ccc2c(c1)OCO2)C(=Cc1ccco1)c1ccccc1. The zero-order valence-corrected chi connectivity index (χ0v) is 14.0. The zero-order chi connectivity index (χ0) is 17.8. The van der Waals surface area contributed by atoms with Crippen molar-refractivity contribution in [3.8, 4) is 11.5 Å². The van der Waals surface area contributed by atoms with E-state index in [4.69, 9.17) is 13.9 Å². The summed E-state index contributed by atoms with van der Waals surface area (Å²) in [6.07, 6.45) is 3.32. The normalized spacial score (nSPS) is 12.8. The number of ether oxygens (including phenoxy) is 2. The van der Waals surface area contributed by atoms with Crippen LogP contribution in [0.4, 0.5) is 0 Å². The number of nitrogens with one attached hydrogen (secondary N) is 1. The summed E-state index contributed by atoms with van der Waals surface area (Å²) in [7, 11) is 0. The van der Waals surface area contributed by atoms with Crippen LogP contribution < -0.4 is 14.8 Å². The number of fused-ring (bicyclic) bond motifs is 1. The van der Waals surface area contributed by atoms with Crippen molar-refractivity contribution < 1.29 is 18.7 Å². The van der Waals surface area contributed by atoms with Crippen molar-refractivity contribution in [2.75, 3.05) is 6.79 Å². The van der Waals surface area contributed by atoms with Gasteiger partial charge in [0.15, 0.2) is 11.5 Å². The molecule has 5 nitrogen and oxygen atoms in total. The Balaban J connectivity index is 1.53. The van der Waals surface area contributed by atoms with E-state index in [1.165, 1.54) is 0 Å². The van der Waals surface area contributed by atoms with Crippen LogP contribution in [0, 0.1) is 0 Å². The molecule has 0 saturated heterocycles. The van der Waals surface area contributed by atoms with Gasteiger partial charge in [-0.3, -0.25) is 4.79 Å². The molecule has 0 unspecified atom stereocenters. The summed E-state index contributed by atoms with van der Waals surface area (Å²) < 4.78 is 16.0. The zero-order valence-electron chi connectivity index (χ0n) is 14.0. The van der Waals surface area contributed by atoms with Crippen LogP contribution in [0.2, 0.25) is 0 Å². The van der Waals surface area contributed by atoms with E-state index in [0.29, 0.717) is 23.6 Å². The minimum absolute atomic E-state index is 0.176. The van der Waals surface area contributed by atoms with Gasteiger partial charge in [0, 0.05) is 6.54 Å². The van der Waals surface area contributed by atoms with Gasteiger partial charge in [0.05, 0.1) is 11.8 Å². The van der Waals surface area contributed by atoms with Gasteiger partial charge in [-0.1, -0.05) is 36.4 Å². The lowest BCUT2D eigenvalue weighted by Crippen LogP contribution is -2.23. The van der Waals surface area contributed by atoms with Gasteiger partial charge in [0.1, 0.15) is 5.76 Å². The lowest BCUT2D eigenvalue weighted by Gasteiger charge is -2.10. The van der Waals surface area contributed by atoms with Gasteiger partial charge in [-0.2, -0.15) is 0 Å². The largest absolute Gasteiger partial charge is 0.465 e. The van der Waals surface area contributed by atoms with E-state index in [0.717, 1.165) is 16.9 Å². The fraction of sp³-hybridized carbons (Fsp3) is 0.0952. The monoisotopic (exact) mass is 347 g/mol. The minimum atomic E-state index is -0.176. The first-order chi connectivity index (χ1) is 12.8. The van der Waals surface area contributed by atoms with Crippen molar-refractivity contribution in [2.45, 2.75) is 6.54 Å². The quantitative estimate of drug-likeness (QED) is 0.712. The molecule has 0 spiro atoms. The summed E-state index contributed by atoms with van der Waals surface area (Å²) in [6.45, 7) is 0.618. The van der Waals surface area contributed by atoms with Gasteiger partial charge in [-0.25, -0.2) is 0 Å². The molecule has 4 rings (SSSR count). The molecule has 2 aromatic carbocycles. The molecule has 1 amide bonds. The predicted molar refractivity (Wildman–Crippen MR) is 97.4 cm³/mol. The van der Waals surface area contributed by atoms with Crippen LogP contribution in [0.25, 0.3) is 11.6 Å². The van der Waals surface area contributed by atoms with Crippen LogP contribution in [0.1, 0.15) is 16.9 Å². The maximum Gasteiger partial charge on any atom is 0.252 e. The molecule has 5 heteroatoms. The van der Waals surface area contributed by atoms with Crippen molar-refractivity contribution in [1.29, 1.82) is 0 Å².